The summed E-state index contributed by atoms with van der Waals surface area (Å²) in [6, 6.07) is -15.4. The summed E-state index contributed by atoms with van der Waals surface area (Å²) >= 11 is 0. The Balaban J connectivity index is 5.16. The fraction of sp³-hybridized carbons (Fsp3) is 1.00. The van der Waals surface area contributed by atoms with Crippen molar-refractivity contribution in [3.63, 3.8) is 0 Å². The van der Waals surface area contributed by atoms with E-state index < -0.39 is 301 Å². The SMILES string of the molecule is C[Si]1(CCC(F)(F)C(F)(F)C(F)(F)C(F)(F)C(F)(F)C(F)(F)C(F)(F)C(F)(F)F)O[Si](C)(CCC(F)(F)C(F)(F)C(F)(F)C(F)(F)C(F)(F)C(F)(F)C(F)(F)C(F)(F)F)O[Si](C)(CCC(F)(F)C(F)(F)C(F)(F)C(F)(F)C(F)(F)C(F)(F)C(F)(F)C(F)(F)F)O[Si](C)(CCC(F)(F)C(F)(F)C(F)(F)C(F)(F)C(F)(F)C(F)(F)C(F)(F)C(F)(F)F)O1. The second-order valence-corrected chi connectivity index (χ2v) is 39.9. The van der Waals surface area contributed by atoms with Crippen LogP contribution in [0.5, 0.6) is 0 Å². The van der Waals surface area contributed by atoms with Gasteiger partial charge < -0.3 is 16.5 Å². The molecule has 4 nitrogen and oxygen atoms in total. The molecule has 0 aromatic carbocycles. The molecule has 1 fully saturated rings. The lowest BCUT2D eigenvalue weighted by Crippen LogP contribution is -2.74. The lowest BCUT2D eigenvalue weighted by molar-refractivity contribution is -0.461. The van der Waals surface area contributed by atoms with Gasteiger partial charge in [-0.15, -0.1) is 0 Å². The van der Waals surface area contributed by atoms with Gasteiger partial charge in [0.15, 0.2) is 0 Å². The number of hydrogen-bond acceptors (Lipinski definition) is 4. The van der Waals surface area contributed by atoms with Crippen LogP contribution < -0.4 is 0 Å². The van der Waals surface area contributed by atoms with Crippen molar-refractivity contribution < 1.29 is 315 Å². The van der Waals surface area contributed by atoms with Crippen molar-refractivity contribution in [3.8, 4) is 0 Å². The largest absolute Gasteiger partial charge is 0.460 e. The standard InChI is InChI=1S/C44H28F68O4Si4/c1-117(9-5-13(45,46)17(53,54)21(61,62)25(69,70)29(77,78)33(85,86)37(93,94)41(101,102)103)113-118(2,10-6-14(47,48)18(55,56)22(63,64)26(71,72)30(79,80)34(87,88)38(95,96)42(104,105)106)115-120(4,12-8-16(51,52)20(59,60)24(67,68)28(75,76)32(83,84)36(91,92)40(99,100)44(110,111)112)116-119(3,114-117)11-7-15(49,50)19(57,58)23(65,66)27(73,74)31(81,82)35(89,90)39(97,98)43(107,108)109/h5-12H2,1-4H3. The van der Waals surface area contributed by atoms with Crippen LogP contribution in [0.1, 0.15) is 25.7 Å². The molecule has 0 N–H and O–H groups in total. The van der Waals surface area contributed by atoms with E-state index in [1.54, 1.807) is 0 Å². The number of halogens is 68. The van der Waals surface area contributed by atoms with E-state index in [2.05, 4.69) is 16.5 Å². The zero-order valence-corrected chi connectivity index (χ0v) is 59.0. The van der Waals surface area contributed by atoms with Gasteiger partial charge in [0.1, 0.15) is 0 Å². The molecule has 720 valence electrons. The second-order valence-electron chi connectivity index (χ2n) is 25.5. The van der Waals surface area contributed by atoms with Crippen LogP contribution >= 0.6 is 0 Å². The Morgan fingerprint density at radius 3 is 0.283 bits per heavy atom. The van der Waals surface area contributed by atoms with Gasteiger partial charge >= 0.3 is 225 Å². The molecule has 0 atom stereocenters. The first-order valence-electron chi connectivity index (χ1n) is 28.3. The van der Waals surface area contributed by atoms with Gasteiger partial charge in [-0.1, -0.05) is 0 Å². The monoisotopic (exact) mass is 2020 g/mol. The fourth-order valence-electron chi connectivity index (χ4n) is 9.27. The minimum Gasteiger partial charge on any atom is -0.416 e. The average molecular weight is 2020 g/mol. The molecule has 120 heavy (non-hydrogen) atoms. The maximum Gasteiger partial charge on any atom is 0.460 e. The highest BCUT2D eigenvalue weighted by molar-refractivity contribution is 6.94. The minimum atomic E-state index is -9.82. The molecular weight excluding hydrogens is 2000 g/mol. The van der Waals surface area contributed by atoms with Crippen molar-refractivity contribution in [2.24, 2.45) is 0 Å². The minimum absolute atomic E-state index is 1.10. The maximum atomic E-state index is 15.6. The summed E-state index contributed by atoms with van der Waals surface area (Å²) in [5, 5.41) is 0. The van der Waals surface area contributed by atoms with E-state index in [-0.39, 0.29) is 0 Å². The Kier molecular flexibility index (Phi) is 28.3. The normalized spacial score (nSPS) is 22.6. The van der Waals surface area contributed by atoms with Gasteiger partial charge in [-0.25, -0.2) is 0 Å². The zero-order valence-electron chi connectivity index (χ0n) is 55.0. The molecule has 0 saturated carbocycles. The van der Waals surface area contributed by atoms with Gasteiger partial charge in [-0.2, -0.15) is 299 Å². The van der Waals surface area contributed by atoms with Crippen LogP contribution in [0.15, 0.2) is 0 Å². The summed E-state index contributed by atoms with van der Waals surface area (Å²) in [5.41, 5.74) is 0. The van der Waals surface area contributed by atoms with Gasteiger partial charge in [0.05, 0.1) is 0 Å². The van der Waals surface area contributed by atoms with Crippen molar-refractivity contribution in [1.82, 2.24) is 0 Å². The first-order chi connectivity index (χ1) is 50.7. The molecule has 0 amide bonds. The fourth-order valence-corrected chi connectivity index (χ4v) is 32.4. The smallest absolute Gasteiger partial charge is 0.416 e. The third kappa shape index (κ3) is 16.2. The predicted molar refractivity (Wildman–Crippen MR) is 251 cm³/mol. The Bertz CT molecular complexity index is 3110. The van der Waals surface area contributed by atoms with Crippen LogP contribution in [0.2, 0.25) is 50.4 Å². The van der Waals surface area contributed by atoms with Gasteiger partial charge in [0.2, 0.25) is 0 Å². The summed E-state index contributed by atoms with van der Waals surface area (Å²) in [7, 11) is -31.5. The van der Waals surface area contributed by atoms with Gasteiger partial charge in [0, 0.05) is 25.7 Å². The molecule has 0 bridgehead atoms. The lowest BCUT2D eigenvalue weighted by Gasteiger charge is -2.51. The van der Waals surface area contributed by atoms with E-state index in [1.165, 1.54) is 0 Å². The first-order valence-corrected chi connectivity index (χ1v) is 38.4. The summed E-state index contributed by atoms with van der Waals surface area (Å²) in [6.07, 6.45) is -52.8. The molecule has 1 aliphatic heterocycles. The van der Waals surface area contributed by atoms with E-state index >= 15 is 70.2 Å². The number of alkyl halides is 68. The summed E-state index contributed by atoms with van der Waals surface area (Å²) in [6.45, 7) is -4.40. The molecule has 1 aliphatic rings. The molecule has 0 radical (unpaired) electrons. The molecule has 0 aromatic heterocycles. The zero-order chi connectivity index (χ0) is 98.5. The Hall–Kier alpha value is -4.05. The second kappa shape index (κ2) is 29.8. The van der Waals surface area contributed by atoms with Gasteiger partial charge in [-0.3, -0.25) is 0 Å². The molecule has 1 saturated heterocycles. The van der Waals surface area contributed by atoms with E-state index in [9.17, 15) is 228 Å². The van der Waals surface area contributed by atoms with Crippen LogP contribution in [-0.4, -0.2) is 225 Å². The van der Waals surface area contributed by atoms with E-state index in [4.69, 9.17) is 0 Å². The third-order valence-electron chi connectivity index (χ3n) is 16.4. The van der Waals surface area contributed by atoms with Crippen LogP contribution in [0.25, 0.3) is 0 Å². The molecule has 1 rings (SSSR count). The topological polar surface area (TPSA) is 36.9 Å². The predicted octanol–water partition coefficient (Wildman–Crippen LogP) is 26.0. The maximum absolute atomic E-state index is 15.6. The summed E-state index contributed by atoms with van der Waals surface area (Å²) in [4.78, 5) is 0. The third-order valence-corrected chi connectivity index (χ3v) is 34.9. The van der Waals surface area contributed by atoms with Crippen molar-refractivity contribution in [3.05, 3.63) is 0 Å². The Labute approximate surface area is 616 Å². The van der Waals surface area contributed by atoms with Crippen molar-refractivity contribution >= 4 is 34.2 Å². The van der Waals surface area contributed by atoms with Crippen LogP contribution in [0, 0.1) is 0 Å². The highest BCUT2D eigenvalue weighted by Crippen LogP contribution is 2.71. The first kappa shape index (κ1) is 114. The van der Waals surface area contributed by atoms with Crippen LogP contribution in [0.4, 0.5) is 299 Å². The molecule has 0 aliphatic carbocycles. The van der Waals surface area contributed by atoms with E-state index in [0.29, 0.717) is 0 Å². The van der Waals surface area contributed by atoms with Crippen molar-refractivity contribution in [2.75, 3.05) is 0 Å². The Morgan fingerprint density at radius 2 is 0.200 bits per heavy atom. The quantitative estimate of drug-likeness (QED) is 0.0463. The molecule has 76 heteroatoms. The summed E-state index contributed by atoms with van der Waals surface area (Å²) < 4.78 is 987. The summed E-state index contributed by atoms with van der Waals surface area (Å²) in [5.74, 6) is -262. The van der Waals surface area contributed by atoms with Gasteiger partial charge in [-0.05, 0) is 50.4 Å². The average Bonchev–Trinajstić information content (AvgIpc) is 0.706. The molecule has 0 unspecified atom stereocenters. The highest BCUT2D eigenvalue weighted by Gasteiger charge is 3.01. The van der Waals surface area contributed by atoms with E-state index in [1.807, 2.05) is 0 Å². The van der Waals surface area contributed by atoms with E-state index in [0.717, 1.165) is 0 Å². The Morgan fingerprint density at radius 1 is 0.125 bits per heavy atom. The van der Waals surface area contributed by atoms with Crippen molar-refractivity contribution in [1.29, 1.82) is 0 Å². The van der Waals surface area contributed by atoms with Gasteiger partial charge in [0.25, 0.3) is 0 Å². The van der Waals surface area contributed by atoms with Crippen molar-refractivity contribution in [2.45, 2.75) is 267 Å². The lowest BCUT2D eigenvalue weighted by atomic mass is 9.88. The molecular formula is C44H28F68O4Si4. The molecule has 0 spiro atoms. The van der Waals surface area contributed by atoms with Crippen LogP contribution in [0.3, 0.4) is 0 Å². The number of rotatable bonds is 36. The number of hydrogen-bond donors (Lipinski definition) is 0. The van der Waals surface area contributed by atoms with Crippen LogP contribution in [-0.2, 0) is 16.5 Å². The molecule has 0 aromatic rings. The highest BCUT2D eigenvalue weighted by atomic mass is 28.5. The molecule has 1 heterocycles.